The summed E-state index contributed by atoms with van der Waals surface area (Å²) in [6.07, 6.45) is 2.39. The zero-order chi connectivity index (χ0) is 21.3. The summed E-state index contributed by atoms with van der Waals surface area (Å²) in [6, 6.07) is 17.0. The van der Waals surface area contributed by atoms with Crippen LogP contribution in [0.3, 0.4) is 0 Å². The van der Waals surface area contributed by atoms with Crippen LogP contribution in [0.15, 0.2) is 53.5 Å². The average molecular weight is 429 g/mol. The smallest absolute Gasteiger partial charge is 0.191 e. The normalized spacial score (nSPS) is 20.2. The lowest BCUT2D eigenvalue weighted by molar-refractivity contribution is 0.122. The number of benzene rings is 2. The second-order valence-electron chi connectivity index (χ2n) is 7.94. The SMILES string of the molecule is CN=C(NCc1cccc(COC)c1)NCC1CCCN(C)C1c1cccc(Cl)c1. The highest BCUT2D eigenvalue weighted by molar-refractivity contribution is 6.30. The molecule has 2 aromatic carbocycles. The van der Waals surface area contributed by atoms with Crippen LogP contribution in [-0.4, -0.2) is 45.2 Å². The van der Waals surface area contributed by atoms with Crippen LogP contribution in [0.2, 0.25) is 5.02 Å². The number of likely N-dealkylation sites (tertiary alicyclic amines) is 1. The van der Waals surface area contributed by atoms with Crippen molar-refractivity contribution in [2.24, 2.45) is 10.9 Å². The van der Waals surface area contributed by atoms with E-state index in [4.69, 9.17) is 16.3 Å². The number of hydrogen-bond donors (Lipinski definition) is 2. The number of hydrogen-bond acceptors (Lipinski definition) is 3. The standard InChI is InChI=1S/C24H33ClN4O/c1-26-24(27-15-18-7-4-8-19(13-18)17-30-3)28-16-21-10-6-12-29(2)23(21)20-9-5-11-22(25)14-20/h4-5,7-9,11,13-14,21,23H,6,10,12,15-17H2,1-3H3,(H2,26,27,28). The monoisotopic (exact) mass is 428 g/mol. The van der Waals surface area contributed by atoms with E-state index in [2.05, 4.69) is 64.0 Å². The van der Waals surface area contributed by atoms with Gasteiger partial charge in [-0.15, -0.1) is 0 Å². The van der Waals surface area contributed by atoms with Crippen molar-refractivity contribution in [3.63, 3.8) is 0 Å². The van der Waals surface area contributed by atoms with Gasteiger partial charge in [-0.2, -0.15) is 0 Å². The summed E-state index contributed by atoms with van der Waals surface area (Å²) in [7, 11) is 5.74. The van der Waals surface area contributed by atoms with E-state index in [1.807, 2.05) is 19.2 Å². The maximum atomic E-state index is 6.27. The summed E-state index contributed by atoms with van der Waals surface area (Å²) in [6.45, 7) is 3.32. The summed E-state index contributed by atoms with van der Waals surface area (Å²) in [5.74, 6) is 1.32. The van der Waals surface area contributed by atoms with Crippen molar-refractivity contribution in [1.29, 1.82) is 0 Å². The van der Waals surface area contributed by atoms with E-state index in [1.54, 1.807) is 7.11 Å². The van der Waals surface area contributed by atoms with Crippen molar-refractivity contribution >= 4 is 17.6 Å². The van der Waals surface area contributed by atoms with Gasteiger partial charge in [-0.25, -0.2) is 0 Å². The molecule has 3 rings (SSSR count). The number of nitrogens with zero attached hydrogens (tertiary/aromatic N) is 2. The first kappa shape index (κ1) is 22.6. The van der Waals surface area contributed by atoms with Crippen LogP contribution in [-0.2, 0) is 17.9 Å². The van der Waals surface area contributed by atoms with E-state index in [1.165, 1.54) is 29.5 Å². The van der Waals surface area contributed by atoms with Crippen molar-refractivity contribution in [3.05, 3.63) is 70.2 Å². The maximum Gasteiger partial charge on any atom is 0.191 e. The lowest BCUT2D eigenvalue weighted by Gasteiger charge is -2.40. The highest BCUT2D eigenvalue weighted by atomic mass is 35.5. The number of nitrogens with one attached hydrogen (secondary N) is 2. The molecule has 0 spiro atoms. The van der Waals surface area contributed by atoms with Gasteiger partial charge in [0, 0.05) is 38.3 Å². The van der Waals surface area contributed by atoms with Gasteiger partial charge in [0.25, 0.3) is 0 Å². The van der Waals surface area contributed by atoms with E-state index in [-0.39, 0.29) is 0 Å². The molecular weight excluding hydrogens is 396 g/mol. The molecule has 0 aliphatic carbocycles. The molecule has 6 heteroatoms. The third kappa shape index (κ3) is 6.21. The van der Waals surface area contributed by atoms with Crippen LogP contribution < -0.4 is 10.6 Å². The number of aliphatic imine (C=N–C) groups is 1. The number of methoxy groups -OCH3 is 1. The third-order valence-electron chi connectivity index (χ3n) is 5.71. The van der Waals surface area contributed by atoms with Crippen LogP contribution in [0.1, 0.15) is 35.6 Å². The fourth-order valence-corrected chi connectivity index (χ4v) is 4.52. The molecule has 1 saturated heterocycles. The fraction of sp³-hybridized carbons (Fsp3) is 0.458. The molecule has 1 fully saturated rings. The van der Waals surface area contributed by atoms with Gasteiger partial charge in [0.1, 0.15) is 0 Å². The summed E-state index contributed by atoms with van der Waals surface area (Å²) in [5.41, 5.74) is 3.67. The Kier molecular flexibility index (Phi) is 8.55. The number of rotatable bonds is 7. The summed E-state index contributed by atoms with van der Waals surface area (Å²) in [4.78, 5) is 6.86. The molecule has 1 heterocycles. The van der Waals surface area contributed by atoms with E-state index >= 15 is 0 Å². The Morgan fingerprint density at radius 3 is 2.73 bits per heavy atom. The predicted octanol–water partition coefficient (Wildman–Crippen LogP) is 4.23. The first-order valence-electron chi connectivity index (χ1n) is 10.6. The largest absolute Gasteiger partial charge is 0.380 e. The van der Waals surface area contributed by atoms with Crippen molar-refractivity contribution in [3.8, 4) is 0 Å². The number of ether oxygens (including phenoxy) is 1. The Balaban J connectivity index is 1.59. The second-order valence-corrected chi connectivity index (χ2v) is 8.38. The molecule has 0 saturated carbocycles. The van der Waals surface area contributed by atoms with Crippen molar-refractivity contribution in [2.45, 2.75) is 32.0 Å². The summed E-state index contributed by atoms with van der Waals surface area (Å²) in [5, 5.41) is 7.77. The Morgan fingerprint density at radius 2 is 1.97 bits per heavy atom. The first-order valence-corrected chi connectivity index (χ1v) is 11.0. The summed E-state index contributed by atoms with van der Waals surface area (Å²) < 4.78 is 5.23. The van der Waals surface area contributed by atoms with E-state index in [0.717, 1.165) is 30.6 Å². The molecule has 0 aromatic heterocycles. The lowest BCUT2D eigenvalue weighted by Crippen LogP contribution is -2.44. The van der Waals surface area contributed by atoms with Crippen LogP contribution in [0, 0.1) is 5.92 Å². The molecule has 1 aliphatic heterocycles. The van der Waals surface area contributed by atoms with Crippen LogP contribution in [0.25, 0.3) is 0 Å². The van der Waals surface area contributed by atoms with E-state index < -0.39 is 0 Å². The molecule has 2 aromatic rings. The molecule has 5 nitrogen and oxygen atoms in total. The van der Waals surface area contributed by atoms with Crippen molar-refractivity contribution in [2.75, 3.05) is 34.3 Å². The van der Waals surface area contributed by atoms with Gasteiger partial charge in [-0.1, -0.05) is 48.0 Å². The van der Waals surface area contributed by atoms with Gasteiger partial charge < -0.3 is 15.4 Å². The van der Waals surface area contributed by atoms with Gasteiger partial charge in [0.15, 0.2) is 5.96 Å². The fourth-order valence-electron chi connectivity index (χ4n) is 4.32. The zero-order valence-corrected chi connectivity index (χ0v) is 19.0. The number of halogens is 1. The molecule has 1 aliphatic rings. The first-order chi connectivity index (χ1) is 14.6. The highest BCUT2D eigenvalue weighted by Gasteiger charge is 2.30. The second kappa shape index (κ2) is 11.3. The molecule has 2 N–H and O–H groups in total. The van der Waals surface area contributed by atoms with Gasteiger partial charge >= 0.3 is 0 Å². The zero-order valence-electron chi connectivity index (χ0n) is 18.2. The minimum absolute atomic E-state index is 0.355. The van der Waals surface area contributed by atoms with Crippen molar-refractivity contribution < 1.29 is 4.74 Å². The number of guanidine groups is 1. The lowest BCUT2D eigenvalue weighted by atomic mass is 9.85. The van der Waals surface area contributed by atoms with Gasteiger partial charge in [-0.3, -0.25) is 9.89 Å². The van der Waals surface area contributed by atoms with Crippen LogP contribution in [0.4, 0.5) is 0 Å². The molecule has 162 valence electrons. The average Bonchev–Trinajstić information content (AvgIpc) is 2.74. The van der Waals surface area contributed by atoms with E-state index in [9.17, 15) is 0 Å². The topological polar surface area (TPSA) is 48.9 Å². The quantitative estimate of drug-likeness (QED) is 0.511. The van der Waals surface area contributed by atoms with Gasteiger partial charge in [0.05, 0.1) is 6.61 Å². The maximum absolute atomic E-state index is 6.27. The number of piperidine rings is 1. The molecule has 0 amide bonds. The van der Waals surface area contributed by atoms with Crippen LogP contribution >= 0.6 is 11.6 Å². The van der Waals surface area contributed by atoms with E-state index in [0.29, 0.717) is 18.6 Å². The minimum Gasteiger partial charge on any atom is -0.380 e. The van der Waals surface area contributed by atoms with Crippen LogP contribution in [0.5, 0.6) is 0 Å². The Morgan fingerprint density at radius 1 is 1.17 bits per heavy atom. The molecule has 0 bridgehead atoms. The van der Waals surface area contributed by atoms with Gasteiger partial charge in [-0.05, 0) is 61.2 Å². The molecule has 30 heavy (non-hydrogen) atoms. The highest BCUT2D eigenvalue weighted by Crippen LogP contribution is 2.35. The van der Waals surface area contributed by atoms with Crippen molar-refractivity contribution in [1.82, 2.24) is 15.5 Å². The molecule has 2 atom stereocenters. The Labute approximate surface area is 185 Å². The molecular formula is C24H33ClN4O. The minimum atomic E-state index is 0.355. The molecule has 2 unspecified atom stereocenters. The Hall–Kier alpha value is -2.08. The summed E-state index contributed by atoms with van der Waals surface area (Å²) >= 11 is 6.27. The molecule has 0 radical (unpaired) electrons. The third-order valence-corrected chi connectivity index (χ3v) is 5.95. The Bertz CT molecular complexity index is 841. The predicted molar refractivity (Wildman–Crippen MR) is 125 cm³/mol. The van der Waals surface area contributed by atoms with Gasteiger partial charge in [0.2, 0.25) is 0 Å².